The predicted molar refractivity (Wildman–Crippen MR) is 106 cm³/mol. The number of carbonyl (C=O) groups excluding carboxylic acids is 2. The van der Waals surface area contributed by atoms with Crippen molar-refractivity contribution in [2.75, 3.05) is 18.9 Å². The van der Waals surface area contributed by atoms with Gasteiger partial charge in [-0.05, 0) is 48.1 Å². The van der Waals surface area contributed by atoms with Crippen molar-refractivity contribution in [3.63, 3.8) is 0 Å². The molecule has 5 heteroatoms. The zero-order chi connectivity index (χ0) is 19.4. The third-order valence-corrected chi connectivity index (χ3v) is 5.15. The molecule has 1 fully saturated rings. The first-order valence-corrected chi connectivity index (χ1v) is 9.51. The Bertz CT molecular complexity index is 804. The van der Waals surface area contributed by atoms with Gasteiger partial charge in [0.05, 0.1) is 11.8 Å². The fourth-order valence-corrected chi connectivity index (χ4v) is 3.34. The average Bonchev–Trinajstić information content (AvgIpc) is 3.47. The molecule has 1 saturated carbocycles. The lowest BCUT2D eigenvalue weighted by Crippen LogP contribution is -2.31. The van der Waals surface area contributed by atoms with Crippen LogP contribution in [0.3, 0.4) is 0 Å². The fraction of sp³-hybridized carbons (Fsp3) is 0.409. The molecular weight excluding hydrogens is 338 g/mol. The van der Waals surface area contributed by atoms with Crippen LogP contribution in [0.5, 0.6) is 0 Å². The Morgan fingerprint density at radius 1 is 1.15 bits per heavy atom. The SMILES string of the molecule is CC(C)c1ccccc1NC(=O)C1CC1C(=O)N(C)CCc1ccncc1. The molecular formula is C22H27N3O2. The molecule has 0 radical (unpaired) electrons. The number of carbonyl (C=O) groups is 2. The van der Waals surface area contributed by atoms with E-state index < -0.39 is 0 Å². The van der Waals surface area contributed by atoms with Crippen molar-refractivity contribution in [3.05, 3.63) is 59.9 Å². The van der Waals surface area contributed by atoms with E-state index in [9.17, 15) is 9.59 Å². The Morgan fingerprint density at radius 2 is 1.85 bits per heavy atom. The van der Waals surface area contributed by atoms with Gasteiger partial charge in [-0.1, -0.05) is 32.0 Å². The van der Waals surface area contributed by atoms with Crippen LogP contribution in [-0.4, -0.2) is 35.3 Å². The Morgan fingerprint density at radius 3 is 2.56 bits per heavy atom. The summed E-state index contributed by atoms with van der Waals surface area (Å²) >= 11 is 0. The zero-order valence-electron chi connectivity index (χ0n) is 16.2. The second-order valence-corrected chi connectivity index (χ2v) is 7.55. The standard InChI is InChI=1S/C22H27N3O2/c1-15(2)17-6-4-5-7-20(17)24-21(26)18-14-19(18)22(27)25(3)13-10-16-8-11-23-12-9-16/h4-9,11-12,15,18-19H,10,13-14H2,1-3H3,(H,24,26). The Balaban J connectivity index is 1.52. The van der Waals surface area contributed by atoms with E-state index in [1.54, 1.807) is 17.3 Å². The number of benzene rings is 1. The molecule has 2 unspecified atom stereocenters. The third-order valence-electron chi connectivity index (χ3n) is 5.15. The maximum Gasteiger partial charge on any atom is 0.228 e. The van der Waals surface area contributed by atoms with E-state index in [0.29, 0.717) is 18.9 Å². The van der Waals surface area contributed by atoms with Crippen LogP contribution in [0.2, 0.25) is 0 Å². The maximum atomic E-state index is 12.6. The number of nitrogens with one attached hydrogen (secondary N) is 1. The zero-order valence-corrected chi connectivity index (χ0v) is 16.2. The summed E-state index contributed by atoms with van der Waals surface area (Å²) in [5, 5.41) is 3.02. The first kappa shape index (κ1) is 19.1. The molecule has 1 aliphatic carbocycles. The number of rotatable bonds is 7. The summed E-state index contributed by atoms with van der Waals surface area (Å²) in [6.45, 7) is 4.85. The van der Waals surface area contributed by atoms with Crippen molar-refractivity contribution >= 4 is 17.5 Å². The highest BCUT2D eigenvalue weighted by Crippen LogP contribution is 2.41. The number of likely N-dealkylation sites (N-methyl/N-ethyl adjacent to an activating group) is 1. The van der Waals surface area contributed by atoms with E-state index >= 15 is 0 Å². The molecule has 2 amide bonds. The van der Waals surface area contributed by atoms with Crippen molar-refractivity contribution in [1.82, 2.24) is 9.88 Å². The molecule has 1 aromatic carbocycles. The second kappa shape index (κ2) is 8.33. The molecule has 2 atom stereocenters. The number of hydrogen-bond donors (Lipinski definition) is 1. The molecule has 1 aliphatic rings. The van der Waals surface area contributed by atoms with E-state index in [-0.39, 0.29) is 23.7 Å². The molecule has 27 heavy (non-hydrogen) atoms. The van der Waals surface area contributed by atoms with Crippen LogP contribution >= 0.6 is 0 Å². The Labute approximate surface area is 160 Å². The topological polar surface area (TPSA) is 62.3 Å². The lowest BCUT2D eigenvalue weighted by atomic mass is 10.0. The van der Waals surface area contributed by atoms with Crippen LogP contribution in [0.15, 0.2) is 48.8 Å². The normalized spacial score (nSPS) is 18.2. The van der Waals surface area contributed by atoms with Gasteiger partial charge in [0.2, 0.25) is 11.8 Å². The first-order valence-electron chi connectivity index (χ1n) is 9.51. The number of hydrogen-bond acceptors (Lipinski definition) is 3. The minimum Gasteiger partial charge on any atom is -0.345 e. The molecule has 0 bridgehead atoms. The van der Waals surface area contributed by atoms with Gasteiger partial charge >= 0.3 is 0 Å². The smallest absolute Gasteiger partial charge is 0.228 e. The number of nitrogens with zero attached hydrogens (tertiary/aromatic N) is 2. The van der Waals surface area contributed by atoms with Crippen LogP contribution in [0.1, 0.15) is 37.3 Å². The summed E-state index contributed by atoms with van der Waals surface area (Å²) in [6, 6.07) is 11.8. The van der Waals surface area contributed by atoms with Crippen molar-refractivity contribution in [3.8, 4) is 0 Å². The third kappa shape index (κ3) is 4.73. The van der Waals surface area contributed by atoms with Crippen molar-refractivity contribution in [2.45, 2.75) is 32.6 Å². The van der Waals surface area contributed by atoms with E-state index in [2.05, 4.69) is 24.1 Å². The van der Waals surface area contributed by atoms with E-state index in [0.717, 1.165) is 23.2 Å². The Hall–Kier alpha value is -2.69. The molecule has 5 nitrogen and oxygen atoms in total. The summed E-state index contributed by atoms with van der Waals surface area (Å²) in [5.74, 6) is -0.0810. The van der Waals surface area contributed by atoms with Crippen LogP contribution in [0, 0.1) is 11.8 Å². The number of aromatic nitrogens is 1. The van der Waals surface area contributed by atoms with Gasteiger partial charge in [-0.25, -0.2) is 0 Å². The van der Waals surface area contributed by atoms with Gasteiger partial charge in [-0.2, -0.15) is 0 Å². The number of amides is 2. The highest BCUT2D eigenvalue weighted by molar-refractivity contribution is 5.99. The van der Waals surface area contributed by atoms with Gasteiger partial charge in [-0.3, -0.25) is 14.6 Å². The molecule has 0 spiro atoms. The number of pyridine rings is 1. The quantitative estimate of drug-likeness (QED) is 0.817. The molecule has 1 N–H and O–H groups in total. The largest absolute Gasteiger partial charge is 0.345 e. The minimum atomic E-state index is -0.221. The summed E-state index contributed by atoms with van der Waals surface area (Å²) in [4.78, 5) is 30.9. The van der Waals surface area contributed by atoms with Gasteiger partial charge in [0.15, 0.2) is 0 Å². The van der Waals surface area contributed by atoms with Crippen molar-refractivity contribution in [2.24, 2.45) is 11.8 Å². The van der Waals surface area contributed by atoms with Crippen LogP contribution < -0.4 is 5.32 Å². The highest BCUT2D eigenvalue weighted by atomic mass is 16.2. The van der Waals surface area contributed by atoms with Gasteiger partial charge < -0.3 is 10.2 Å². The predicted octanol–water partition coefficient (Wildman–Crippen LogP) is 3.48. The number of para-hydroxylation sites is 1. The average molecular weight is 365 g/mol. The lowest BCUT2D eigenvalue weighted by Gasteiger charge is -2.17. The Kier molecular flexibility index (Phi) is 5.89. The highest BCUT2D eigenvalue weighted by Gasteiger charge is 2.49. The molecule has 0 saturated heterocycles. The van der Waals surface area contributed by atoms with Gasteiger partial charge in [0.25, 0.3) is 0 Å². The molecule has 1 heterocycles. The summed E-state index contributed by atoms with van der Waals surface area (Å²) in [7, 11) is 1.81. The lowest BCUT2D eigenvalue weighted by molar-refractivity contribution is -0.132. The molecule has 3 rings (SSSR count). The maximum absolute atomic E-state index is 12.6. The molecule has 0 aliphatic heterocycles. The van der Waals surface area contributed by atoms with Crippen LogP contribution in [0.25, 0.3) is 0 Å². The van der Waals surface area contributed by atoms with E-state index in [1.807, 2.05) is 43.4 Å². The minimum absolute atomic E-state index is 0.0519. The van der Waals surface area contributed by atoms with Gasteiger partial charge in [0, 0.05) is 31.7 Å². The monoisotopic (exact) mass is 365 g/mol. The van der Waals surface area contributed by atoms with Crippen LogP contribution in [0.4, 0.5) is 5.69 Å². The van der Waals surface area contributed by atoms with Crippen molar-refractivity contribution < 1.29 is 9.59 Å². The van der Waals surface area contributed by atoms with Gasteiger partial charge in [0.1, 0.15) is 0 Å². The van der Waals surface area contributed by atoms with E-state index in [1.165, 1.54) is 0 Å². The van der Waals surface area contributed by atoms with Gasteiger partial charge in [-0.15, -0.1) is 0 Å². The fourth-order valence-electron chi connectivity index (χ4n) is 3.34. The molecule has 2 aromatic rings. The second-order valence-electron chi connectivity index (χ2n) is 7.55. The van der Waals surface area contributed by atoms with Crippen molar-refractivity contribution in [1.29, 1.82) is 0 Å². The number of anilines is 1. The van der Waals surface area contributed by atoms with E-state index in [4.69, 9.17) is 0 Å². The summed E-state index contributed by atoms with van der Waals surface area (Å²) in [6.07, 6.45) is 4.94. The first-order chi connectivity index (χ1) is 13.0. The summed E-state index contributed by atoms with van der Waals surface area (Å²) in [5.41, 5.74) is 3.12. The molecule has 1 aromatic heterocycles. The van der Waals surface area contributed by atoms with Crippen LogP contribution in [-0.2, 0) is 16.0 Å². The summed E-state index contributed by atoms with van der Waals surface area (Å²) < 4.78 is 0. The molecule has 142 valence electrons.